The minimum absolute atomic E-state index is 0.0196. The maximum absolute atomic E-state index is 11.6. The number of hydrogen-bond donors (Lipinski definition) is 2. The molecule has 1 aliphatic rings. The summed E-state index contributed by atoms with van der Waals surface area (Å²) >= 11 is 0. The Morgan fingerprint density at radius 1 is 1.32 bits per heavy atom. The lowest BCUT2D eigenvalue weighted by Crippen LogP contribution is -2.47. The van der Waals surface area contributed by atoms with Crippen LogP contribution < -0.4 is 5.32 Å². The minimum atomic E-state index is -0.820. The van der Waals surface area contributed by atoms with Crippen LogP contribution in [-0.4, -0.2) is 45.2 Å². The summed E-state index contributed by atoms with van der Waals surface area (Å²) in [6.45, 7) is 3.44. The molecule has 0 aliphatic carbocycles. The highest BCUT2D eigenvalue weighted by molar-refractivity contribution is 5.65. The molecule has 0 radical (unpaired) electrons. The number of carbonyl (C=O) groups is 1. The summed E-state index contributed by atoms with van der Waals surface area (Å²) < 4.78 is 0. The van der Waals surface area contributed by atoms with Crippen LogP contribution in [0.1, 0.15) is 24.0 Å². The molecule has 2 N–H and O–H groups in total. The zero-order valence-corrected chi connectivity index (χ0v) is 14.4. The second kappa shape index (κ2) is 7.96. The van der Waals surface area contributed by atoms with E-state index in [2.05, 4.69) is 46.5 Å². The Kier molecular flexibility index (Phi) is 5.48. The van der Waals surface area contributed by atoms with Crippen molar-refractivity contribution >= 4 is 11.9 Å². The number of amides is 1. The van der Waals surface area contributed by atoms with Gasteiger partial charge in [-0.05, 0) is 43.7 Å². The molecule has 0 bridgehead atoms. The number of aromatic nitrogens is 2. The van der Waals surface area contributed by atoms with Crippen molar-refractivity contribution in [2.45, 2.75) is 32.2 Å². The maximum Gasteiger partial charge on any atom is 0.407 e. The van der Waals surface area contributed by atoms with Gasteiger partial charge in [-0.25, -0.2) is 14.8 Å². The van der Waals surface area contributed by atoms with Crippen LogP contribution in [0.4, 0.5) is 10.6 Å². The van der Waals surface area contributed by atoms with E-state index in [0.717, 1.165) is 31.6 Å². The van der Waals surface area contributed by atoms with E-state index in [4.69, 9.17) is 0 Å². The third kappa shape index (κ3) is 4.68. The van der Waals surface area contributed by atoms with Gasteiger partial charge in [-0.1, -0.05) is 29.8 Å². The van der Waals surface area contributed by atoms with Gasteiger partial charge >= 0.3 is 6.09 Å². The molecule has 1 fully saturated rings. The van der Waals surface area contributed by atoms with E-state index in [1.807, 2.05) is 6.07 Å². The quantitative estimate of drug-likeness (QED) is 0.874. The molecular weight excluding hydrogens is 316 g/mol. The van der Waals surface area contributed by atoms with Crippen LogP contribution in [0.3, 0.4) is 0 Å². The van der Waals surface area contributed by atoms with E-state index in [0.29, 0.717) is 12.5 Å². The summed E-state index contributed by atoms with van der Waals surface area (Å²) in [4.78, 5) is 21.3. The Labute approximate surface area is 147 Å². The predicted octanol–water partition coefficient (Wildman–Crippen LogP) is 3.20. The van der Waals surface area contributed by atoms with E-state index >= 15 is 0 Å². The zero-order chi connectivity index (χ0) is 17.6. The topological polar surface area (TPSA) is 78.4 Å². The zero-order valence-electron chi connectivity index (χ0n) is 14.4. The Morgan fingerprint density at radius 3 is 2.80 bits per heavy atom. The molecule has 2 heterocycles. The van der Waals surface area contributed by atoms with Gasteiger partial charge in [0.15, 0.2) is 0 Å². The lowest BCUT2D eigenvalue weighted by atomic mass is 9.87. The lowest BCUT2D eigenvalue weighted by molar-refractivity contribution is 0.0917. The highest BCUT2D eigenvalue weighted by Gasteiger charge is 2.31. The smallest absolute Gasteiger partial charge is 0.407 e. The monoisotopic (exact) mass is 340 g/mol. The number of aryl methyl sites for hydroxylation is 1. The Morgan fingerprint density at radius 2 is 2.12 bits per heavy atom. The average molecular weight is 340 g/mol. The lowest BCUT2D eigenvalue weighted by Gasteiger charge is -2.38. The van der Waals surface area contributed by atoms with Gasteiger partial charge < -0.3 is 15.3 Å². The molecule has 1 aromatic heterocycles. The van der Waals surface area contributed by atoms with Crippen LogP contribution in [0, 0.1) is 12.8 Å². The fourth-order valence-corrected chi connectivity index (χ4v) is 3.41. The second-order valence-electron chi connectivity index (χ2n) is 6.69. The van der Waals surface area contributed by atoms with Gasteiger partial charge in [-0.2, -0.15) is 0 Å². The molecular formula is C19H24N4O2. The van der Waals surface area contributed by atoms with Crippen LogP contribution >= 0.6 is 0 Å². The number of rotatable bonds is 5. The van der Waals surface area contributed by atoms with Crippen molar-refractivity contribution in [3.05, 3.63) is 54.0 Å². The molecule has 2 aromatic rings. The number of carboxylic acid groups (broad SMARTS) is 1. The van der Waals surface area contributed by atoms with E-state index in [-0.39, 0.29) is 6.04 Å². The molecule has 0 spiro atoms. The number of piperidine rings is 1. The van der Waals surface area contributed by atoms with Crippen LogP contribution in [0.5, 0.6) is 0 Å². The number of benzene rings is 1. The van der Waals surface area contributed by atoms with E-state index in [9.17, 15) is 9.90 Å². The summed E-state index contributed by atoms with van der Waals surface area (Å²) in [6.07, 6.45) is 4.90. The number of nitrogens with zero attached hydrogens (tertiary/aromatic N) is 3. The summed E-state index contributed by atoms with van der Waals surface area (Å²) in [7, 11) is 0. The molecule has 6 nitrogen and oxygen atoms in total. The van der Waals surface area contributed by atoms with Gasteiger partial charge in [-0.3, -0.25) is 0 Å². The molecule has 6 heteroatoms. The summed E-state index contributed by atoms with van der Waals surface area (Å²) in [5, 5.41) is 12.9. The Hall–Kier alpha value is -2.63. The van der Waals surface area contributed by atoms with Gasteiger partial charge in [0.05, 0.1) is 0 Å². The van der Waals surface area contributed by atoms with Crippen molar-refractivity contribution in [1.82, 2.24) is 14.9 Å². The number of likely N-dealkylation sites (tertiary alicyclic amines) is 1. The number of anilines is 1. The van der Waals surface area contributed by atoms with Gasteiger partial charge in [-0.15, -0.1) is 0 Å². The Bertz CT molecular complexity index is 690. The average Bonchev–Trinajstić information content (AvgIpc) is 2.63. The molecule has 1 aliphatic heterocycles. The second-order valence-corrected chi connectivity index (χ2v) is 6.69. The van der Waals surface area contributed by atoms with Crippen LogP contribution in [0.15, 0.2) is 42.9 Å². The fraction of sp³-hybridized carbons (Fsp3) is 0.421. The highest BCUT2D eigenvalue weighted by Crippen LogP contribution is 2.26. The van der Waals surface area contributed by atoms with E-state index < -0.39 is 6.09 Å². The SMILES string of the molecule is Cc1ccc(CC2CC(CNc3ccncn3)CCN2C(=O)O)cc1. The van der Waals surface area contributed by atoms with Crippen molar-refractivity contribution in [2.75, 3.05) is 18.4 Å². The first-order valence-corrected chi connectivity index (χ1v) is 8.67. The molecule has 25 heavy (non-hydrogen) atoms. The van der Waals surface area contributed by atoms with Crippen molar-refractivity contribution in [1.29, 1.82) is 0 Å². The van der Waals surface area contributed by atoms with Gasteiger partial charge in [0.1, 0.15) is 12.1 Å². The minimum Gasteiger partial charge on any atom is -0.465 e. The summed E-state index contributed by atoms with van der Waals surface area (Å²) in [5.41, 5.74) is 2.40. The van der Waals surface area contributed by atoms with Crippen molar-refractivity contribution in [3.63, 3.8) is 0 Å². The molecule has 2 unspecified atom stereocenters. The van der Waals surface area contributed by atoms with E-state index in [1.165, 1.54) is 17.5 Å². The first kappa shape index (κ1) is 17.2. The summed E-state index contributed by atoms with van der Waals surface area (Å²) in [5.74, 6) is 1.24. The van der Waals surface area contributed by atoms with Crippen molar-refractivity contribution in [3.8, 4) is 0 Å². The molecule has 3 rings (SSSR count). The Balaban J connectivity index is 1.62. The standard InChI is InChI=1S/C19H24N4O2/c1-14-2-4-15(5-3-14)10-17-11-16(7-9-23(17)19(24)25)12-21-18-6-8-20-13-22-18/h2-6,8,13,16-17H,7,9-12H2,1H3,(H,24,25)(H,20,21,22). The van der Waals surface area contributed by atoms with Gasteiger partial charge in [0.25, 0.3) is 0 Å². The third-order valence-corrected chi connectivity index (χ3v) is 4.82. The van der Waals surface area contributed by atoms with Gasteiger partial charge in [0, 0.05) is 25.3 Å². The number of nitrogens with one attached hydrogen (secondary N) is 1. The molecule has 1 saturated heterocycles. The highest BCUT2D eigenvalue weighted by atomic mass is 16.4. The normalized spacial score (nSPS) is 20.3. The van der Waals surface area contributed by atoms with Crippen molar-refractivity contribution in [2.24, 2.45) is 5.92 Å². The molecule has 1 amide bonds. The summed E-state index contributed by atoms with van der Waals surface area (Å²) in [6, 6.07) is 10.2. The van der Waals surface area contributed by atoms with Crippen LogP contribution in [-0.2, 0) is 6.42 Å². The molecule has 132 valence electrons. The molecule has 0 saturated carbocycles. The third-order valence-electron chi connectivity index (χ3n) is 4.82. The maximum atomic E-state index is 11.6. The first-order chi connectivity index (χ1) is 12.1. The van der Waals surface area contributed by atoms with Crippen LogP contribution in [0.2, 0.25) is 0 Å². The van der Waals surface area contributed by atoms with E-state index in [1.54, 1.807) is 11.1 Å². The van der Waals surface area contributed by atoms with Crippen LogP contribution in [0.25, 0.3) is 0 Å². The number of hydrogen-bond acceptors (Lipinski definition) is 4. The van der Waals surface area contributed by atoms with Gasteiger partial charge in [0.2, 0.25) is 0 Å². The fourth-order valence-electron chi connectivity index (χ4n) is 3.41. The first-order valence-electron chi connectivity index (χ1n) is 8.67. The van der Waals surface area contributed by atoms with Crippen molar-refractivity contribution < 1.29 is 9.90 Å². The molecule has 2 atom stereocenters. The largest absolute Gasteiger partial charge is 0.465 e. The molecule has 1 aromatic carbocycles. The predicted molar refractivity (Wildman–Crippen MR) is 96.6 cm³/mol.